The zero-order chi connectivity index (χ0) is 26.2. The van der Waals surface area contributed by atoms with Crippen LogP contribution in [0.15, 0.2) is 0 Å². The highest BCUT2D eigenvalue weighted by Gasteiger charge is 2.12. The summed E-state index contributed by atoms with van der Waals surface area (Å²) in [6.45, 7) is 4.30. The van der Waals surface area contributed by atoms with Crippen LogP contribution in [0.25, 0.3) is 0 Å². The topological polar surface area (TPSA) is 77.8 Å². The summed E-state index contributed by atoms with van der Waals surface area (Å²) in [6, 6.07) is 0. The van der Waals surface area contributed by atoms with Gasteiger partial charge in [0.25, 0.3) is 0 Å². The first kappa shape index (κ1) is 36.5. The minimum atomic E-state index is -0.601. The molecule has 4 heteroatoms. The SMILES string of the molecule is CCCCCCCCCCCCCCC(CCCCCCCCCCCC)CC(=O)O.OCCO. The third-order valence-electron chi connectivity index (χ3n) is 7.00. The second-order valence-electron chi connectivity index (χ2n) is 10.6. The van der Waals surface area contributed by atoms with Gasteiger partial charge in [0.15, 0.2) is 0 Å². The summed E-state index contributed by atoms with van der Waals surface area (Å²) in [5, 5.41) is 24.5. The van der Waals surface area contributed by atoms with E-state index < -0.39 is 5.97 Å². The van der Waals surface area contributed by atoms with E-state index in [0.29, 0.717) is 12.3 Å². The van der Waals surface area contributed by atoms with Gasteiger partial charge >= 0.3 is 5.97 Å². The van der Waals surface area contributed by atoms with E-state index in [-0.39, 0.29) is 13.2 Å². The molecule has 0 rings (SSSR count). The molecular weight excluding hydrogens is 436 g/mol. The van der Waals surface area contributed by atoms with Crippen molar-refractivity contribution in [3.05, 3.63) is 0 Å². The van der Waals surface area contributed by atoms with Crippen molar-refractivity contribution in [1.82, 2.24) is 0 Å². The normalized spacial score (nSPS) is 11.8. The van der Waals surface area contributed by atoms with Crippen LogP contribution in [0, 0.1) is 5.92 Å². The largest absolute Gasteiger partial charge is 0.481 e. The van der Waals surface area contributed by atoms with Gasteiger partial charge in [-0.15, -0.1) is 0 Å². The molecule has 0 aromatic carbocycles. The summed E-state index contributed by atoms with van der Waals surface area (Å²) in [7, 11) is 0. The van der Waals surface area contributed by atoms with E-state index >= 15 is 0 Å². The van der Waals surface area contributed by atoms with Gasteiger partial charge in [-0.25, -0.2) is 0 Å². The van der Waals surface area contributed by atoms with E-state index in [9.17, 15) is 9.90 Å². The van der Waals surface area contributed by atoms with Crippen molar-refractivity contribution >= 4 is 5.97 Å². The standard InChI is InChI=1S/C29H58O2.C2H6O2/c1-3-5-7-9-11-13-15-16-18-20-22-24-26-28(27-29(30)31)25-23-21-19-17-14-12-10-8-6-4-2;3-1-2-4/h28H,3-27H2,1-2H3,(H,30,31);3-4H,1-2H2. The van der Waals surface area contributed by atoms with Gasteiger partial charge in [0.2, 0.25) is 0 Å². The maximum Gasteiger partial charge on any atom is 0.303 e. The molecule has 3 N–H and O–H groups in total. The van der Waals surface area contributed by atoms with Gasteiger partial charge in [0.1, 0.15) is 0 Å². The maximum atomic E-state index is 11.2. The van der Waals surface area contributed by atoms with Gasteiger partial charge in [-0.1, -0.05) is 155 Å². The summed E-state index contributed by atoms with van der Waals surface area (Å²) in [5.41, 5.74) is 0. The van der Waals surface area contributed by atoms with Crippen LogP contribution in [-0.2, 0) is 4.79 Å². The lowest BCUT2D eigenvalue weighted by atomic mass is 9.91. The molecule has 1 atom stereocenters. The first-order valence-electron chi connectivity index (χ1n) is 15.6. The zero-order valence-electron chi connectivity index (χ0n) is 23.9. The van der Waals surface area contributed by atoms with Crippen LogP contribution in [0.5, 0.6) is 0 Å². The van der Waals surface area contributed by atoms with Crippen LogP contribution >= 0.6 is 0 Å². The van der Waals surface area contributed by atoms with Crippen molar-refractivity contribution in [2.24, 2.45) is 5.92 Å². The number of aliphatic hydroxyl groups excluding tert-OH is 2. The molecule has 0 aliphatic heterocycles. The first-order valence-corrected chi connectivity index (χ1v) is 15.6. The number of unbranched alkanes of at least 4 members (excludes halogenated alkanes) is 20. The number of carbonyl (C=O) groups is 1. The highest BCUT2D eigenvalue weighted by molar-refractivity contribution is 5.66. The highest BCUT2D eigenvalue weighted by atomic mass is 16.4. The van der Waals surface area contributed by atoms with E-state index in [0.717, 1.165) is 12.8 Å². The molecule has 0 aromatic rings. The third-order valence-corrected chi connectivity index (χ3v) is 7.00. The van der Waals surface area contributed by atoms with Crippen LogP contribution in [0.1, 0.15) is 174 Å². The molecule has 0 spiro atoms. The number of carboxylic acids is 1. The van der Waals surface area contributed by atoms with Gasteiger partial charge < -0.3 is 15.3 Å². The molecule has 0 bridgehead atoms. The predicted molar refractivity (Wildman–Crippen MR) is 152 cm³/mol. The summed E-state index contributed by atoms with van der Waals surface area (Å²) in [5.74, 6) is -0.189. The molecule has 35 heavy (non-hydrogen) atoms. The maximum absolute atomic E-state index is 11.2. The summed E-state index contributed by atoms with van der Waals surface area (Å²) >= 11 is 0. The Morgan fingerprint density at radius 1 is 0.486 bits per heavy atom. The lowest BCUT2D eigenvalue weighted by Gasteiger charge is -2.14. The molecule has 212 valence electrons. The van der Waals surface area contributed by atoms with Crippen molar-refractivity contribution in [2.45, 2.75) is 174 Å². The Morgan fingerprint density at radius 2 is 0.743 bits per heavy atom. The van der Waals surface area contributed by atoms with E-state index in [1.807, 2.05) is 0 Å². The Morgan fingerprint density at radius 3 is 0.971 bits per heavy atom. The lowest BCUT2D eigenvalue weighted by molar-refractivity contribution is -0.138. The average molecular weight is 501 g/mol. The molecule has 0 aliphatic rings. The van der Waals surface area contributed by atoms with Gasteiger partial charge in [-0.05, 0) is 18.8 Å². The monoisotopic (exact) mass is 500 g/mol. The minimum absolute atomic E-state index is 0.125. The second-order valence-corrected chi connectivity index (χ2v) is 10.6. The first-order chi connectivity index (χ1) is 17.1. The van der Waals surface area contributed by atoms with Gasteiger partial charge in [0.05, 0.1) is 13.2 Å². The third kappa shape index (κ3) is 35.6. The molecule has 0 radical (unpaired) electrons. The van der Waals surface area contributed by atoms with Crippen LogP contribution in [-0.4, -0.2) is 34.5 Å². The number of hydrogen-bond acceptors (Lipinski definition) is 3. The molecular formula is C31H64O4. The predicted octanol–water partition coefficient (Wildman–Crippen LogP) is 9.45. The van der Waals surface area contributed by atoms with Crippen molar-refractivity contribution in [3.63, 3.8) is 0 Å². The van der Waals surface area contributed by atoms with E-state index in [4.69, 9.17) is 10.2 Å². The Balaban J connectivity index is 0. The highest BCUT2D eigenvalue weighted by Crippen LogP contribution is 2.22. The van der Waals surface area contributed by atoms with Crippen LogP contribution < -0.4 is 0 Å². The molecule has 0 fully saturated rings. The molecule has 1 unspecified atom stereocenters. The minimum Gasteiger partial charge on any atom is -0.481 e. The smallest absolute Gasteiger partial charge is 0.303 e. The van der Waals surface area contributed by atoms with Crippen LogP contribution in [0.3, 0.4) is 0 Å². The fourth-order valence-corrected chi connectivity index (χ4v) is 4.79. The van der Waals surface area contributed by atoms with Crippen molar-refractivity contribution in [1.29, 1.82) is 0 Å². The summed E-state index contributed by atoms with van der Waals surface area (Å²) in [6.07, 6.45) is 32.7. The summed E-state index contributed by atoms with van der Waals surface area (Å²) in [4.78, 5) is 11.2. The van der Waals surface area contributed by atoms with Crippen molar-refractivity contribution in [3.8, 4) is 0 Å². The number of rotatable bonds is 27. The molecule has 0 heterocycles. The van der Waals surface area contributed by atoms with E-state index in [2.05, 4.69) is 13.8 Å². The summed E-state index contributed by atoms with van der Waals surface area (Å²) < 4.78 is 0. The fourth-order valence-electron chi connectivity index (χ4n) is 4.79. The molecule has 4 nitrogen and oxygen atoms in total. The quantitative estimate of drug-likeness (QED) is 0.0981. The molecule has 0 saturated carbocycles. The van der Waals surface area contributed by atoms with E-state index in [1.54, 1.807) is 0 Å². The van der Waals surface area contributed by atoms with Crippen molar-refractivity contribution in [2.75, 3.05) is 13.2 Å². The number of carboxylic acid groups (broad SMARTS) is 1. The van der Waals surface area contributed by atoms with Crippen molar-refractivity contribution < 1.29 is 20.1 Å². The molecule has 0 amide bonds. The van der Waals surface area contributed by atoms with Crippen LogP contribution in [0.4, 0.5) is 0 Å². The molecule has 0 aromatic heterocycles. The average Bonchev–Trinajstić information content (AvgIpc) is 2.85. The van der Waals surface area contributed by atoms with Crippen LogP contribution in [0.2, 0.25) is 0 Å². The molecule has 0 aliphatic carbocycles. The Kier molecular flexibility index (Phi) is 34.9. The van der Waals surface area contributed by atoms with Gasteiger partial charge in [-0.3, -0.25) is 4.79 Å². The Labute approximate surface area is 219 Å². The fraction of sp³-hybridized carbons (Fsp3) is 0.968. The second kappa shape index (κ2) is 33.4. The molecule has 0 saturated heterocycles. The number of aliphatic carboxylic acids is 1. The lowest BCUT2D eigenvalue weighted by Crippen LogP contribution is -2.08. The zero-order valence-corrected chi connectivity index (χ0v) is 23.9. The Bertz CT molecular complexity index is 384. The van der Waals surface area contributed by atoms with Gasteiger partial charge in [0, 0.05) is 6.42 Å². The number of hydrogen-bond donors (Lipinski definition) is 3. The van der Waals surface area contributed by atoms with E-state index in [1.165, 1.54) is 141 Å². The van der Waals surface area contributed by atoms with Gasteiger partial charge in [-0.2, -0.15) is 0 Å². The Hall–Kier alpha value is -0.610. The number of aliphatic hydroxyl groups is 2.